The largest absolute Gasteiger partial charge is 0.392 e. The van der Waals surface area contributed by atoms with E-state index >= 15 is 0 Å². The van der Waals surface area contributed by atoms with E-state index in [-0.39, 0.29) is 6.61 Å². The number of thiol groups is 1. The van der Waals surface area contributed by atoms with Crippen molar-refractivity contribution in [2.45, 2.75) is 16.4 Å². The summed E-state index contributed by atoms with van der Waals surface area (Å²) in [7, 11) is 0. The first-order valence-corrected chi connectivity index (χ1v) is 6.70. The van der Waals surface area contributed by atoms with Crippen molar-refractivity contribution in [3.05, 3.63) is 23.1 Å². The second-order valence-electron chi connectivity index (χ2n) is 2.91. The lowest BCUT2D eigenvalue weighted by Gasteiger charge is -2.02. The summed E-state index contributed by atoms with van der Waals surface area (Å²) in [6.45, 7) is 0.0961. The van der Waals surface area contributed by atoms with Crippen molar-refractivity contribution in [3.8, 4) is 0 Å². The van der Waals surface area contributed by atoms with E-state index in [2.05, 4.69) is 24.3 Å². The summed E-state index contributed by atoms with van der Waals surface area (Å²) < 4.78 is 1.16. The van der Waals surface area contributed by atoms with E-state index in [1.807, 2.05) is 12.1 Å². The van der Waals surface area contributed by atoms with Gasteiger partial charge in [-0.2, -0.15) is 0 Å². The fourth-order valence-corrected chi connectivity index (χ4v) is 3.87. The number of hydrogen-bond acceptors (Lipinski definition) is 4. The first-order valence-electron chi connectivity index (χ1n) is 4.14. The van der Waals surface area contributed by atoms with E-state index in [1.54, 1.807) is 23.1 Å². The second kappa shape index (κ2) is 4.14. The standard InChI is InChI=1S/C10H10OS3/c1-13-8-5-14-10-6(4-11)2-3-7(12)9(8)10/h2-3,5,11-12H,4H2,1H3. The van der Waals surface area contributed by atoms with Crippen LogP contribution < -0.4 is 0 Å². The van der Waals surface area contributed by atoms with Crippen LogP contribution in [-0.2, 0) is 6.61 Å². The maximum absolute atomic E-state index is 9.18. The van der Waals surface area contributed by atoms with Gasteiger partial charge < -0.3 is 5.11 Å². The number of hydrogen-bond donors (Lipinski definition) is 2. The molecule has 0 saturated heterocycles. The molecule has 2 rings (SSSR count). The number of fused-ring (bicyclic) bond motifs is 1. The van der Waals surface area contributed by atoms with Gasteiger partial charge in [-0.25, -0.2) is 0 Å². The van der Waals surface area contributed by atoms with Crippen molar-refractivity contribution in [1.82, 2.24) is 0 Å². The molecule has 1 aromatic carbocycles. The highest BCUT2D eigenvalue weighted by molar-refractivity contribution is 7.99. The molecule has 4 heteroatoms. The van der Waals surface area contributed by atoms with Gasteiger partial charge in [0.25, 0.3) is 0 Å². The van der Waals surface area contributed by atoms with Gasteiger partial charge in [0.2, 0.25) is 0 Å². The number of aliphatic hydroxyl groups is 1. The third-order valence-electron chi connectivity index (χ3n) is 2.14. The Morgan fingerprint density at radius 1 is 1.50 bits per heavy atom. The van der Waals surface area contributed by atoms with Crippen molar-refractivity contribution in [2.24, 2.45) is 0 Å². The Hall–Kier alpha value is -0.160. The van der Waals surface area contributed by atoms with Crippen molar-refractivity contribution in [3.63, 3.8) is 0 Å². The number of thiophene rings is 1. The van der Waals surface area contributed by atoms with Gasteiger partial charge in [0.05, 0.1) is 6.61 Å². The minimum atomic E-state index is 0.0961. The molecule has 74 valence electrons. The van der Waals surface area contributed by atoms with Crippen LogP contribution in [0.25, 0.3) is 10.1 Å². The van der Waals surface area contributed by atoms with Gasteiger partial charge in [0.15, 0.2) is 0 Å². The maximum atomic E-state index is 9.18. The minimum Gasteiger partial charge on any atom is -0.392 e. The molecule has 1 heterocycles. The van der Waals surface area contributed by atoms with Crippen LogP contribution in [0.2, 0.25) is 0 Å². The third-order valence-corrected chi connectivity index (χ3v) is 4.48. The zero-order valence-electron chi connectivity index (χ0n) is 7.65. The average molecular weight is 242 g/mol. The minimum absolute atomic E-state index is 0.0961. The van der Waals surface area contributed by atoms with Gasteiger partial charge in [-0.15, -0.1) is 35.7 Å². The summed E-state index contributed by atoms with van der Waals surface area (Å²) in [6.07, 6.45) is 2.06. The number of benzene rings is 1. The molecule has 0 aliphatic rings. The zero-order chi connectivity index (χ0) is 10.1. The Balaban J connectivity index is 2.80. The molecule has 1 nitrogen and oxygen atoms in total. The lowest BCUT2D eigenvalue weighted by atomic mass is 10.2. The quantitative estimate of drug-likeness (QED) is 0.622. The first kappa shape index (κ1) is 10.4. The molecule has 1 aromatic heterocycles. The summed E-state index contributed by atoms with van der Waals surface area (Å²) in [5.41, 5.74) is 0.989. The normalized spacial score (nSPS) is 11.1. The van der Waals surface area contributed by atoms with E-state index < -0.39 is 0 Å². The predicted molar refractivity (Wildman–Crippen MR) is 66.8 cm³/mol. The Morgan fingerprint density at radius 2 is 2.29 bits per heavy atom. The van der Waals surface area contributed by atoms with Crippen molar-refractivity contribution in [1.29, 1.82) is 0 Å². The fourth-order valence-electron chi connectivity index (χ4n) is 1.43. The summed E-state index contributed by atoms with van der Waals surface area (Å²) in [6, 6.07) is 3.88. The zero-order valence-corrected chi connectivity index (χ0v) is 10.2. The highest BCUT2D eigenvalue weighted by Gasteiger charge is 2.09. The number of aliphatic hydroxyl groups excluding tert-OH is 1. The van der Waals surface area contributed by atoms with Gasteiger partial charge in [-0.3, -0.25) is 0 Å². The van der Waals surface area contributed by atoms with E-state index in [0.717, 1.165) is 15.2 Å². The summed E-state index contributed by atoms with van der Waals surface area (Å²) in [5.74, 6) is 0. The fraction of sp³-hybridized carbons (Fsp3) is 0.200. The summed E-state index contributed by atoms with van der Waals surface area (Å²) in [5, 5.41) is 12.5. The first-order chi connectivity index (χ1) is 6.77. The van der Waals surface area contributed by atoms with Crippen LogP contribution in [-0.4, -0.2) is 11.4 Å². The van der Waals surface area contributed by atoms with Crippen molar-refractivity contribution >= 4 is 45.8 Å². The molecule has 0 unspecified atom stereocenters. The van der Waals surface area contributed by atoms with Crippen LogP contribution in [0, 0.1) is 0 Å². The number of thioether (sulfide) groups is 1. The molecule has 0 spiro atoms. The molecular weight excluding hydrogens is 232 g/mol. The lowest BCUT2D eigenvalue weighted by Crippen LogP contribution is -1.83. The van der Waals surface area contributed by atoms with E-state index in [1.165, 1.54) is 10.3 Å². The van der Waals surface area contributed by atoms with Crippen LogP contribution >= 0.6 is 35.7 Å². The number of rotatable bonds is 2. The highest BCUT2D eigenvalue weighted by atomic mass is 32.2. The molecule has 0 aliphatic carbocycles. The van der Waals surface area contributed by atoms with Gasteiger partial charge in [-0.1, -0.05) is 6.07 Å². The maximum Gasteiger partial charge on any atom is 0.0695 e. The molecule has 0 atom stereocenters. The Morgan fingerprint density at radius 3 is 2.93 bits per heavy atom. The Bertz CT molecular complexity index is 462. The molecule has 0 aliphatic heterocycles. The van der Waals surface area contributed by atoms with Crippen LogP contribution in [0.5, 0.6) is 0 Å². The topological polar surface area (TPSA) is 20.2 Å². The molecule has 0 radical (unpaired) electrons. The molecule has 0 bridgehead atoms. The van der Waals surface area contributed by atoms with Gasteiger partial charge >= 0.3 is 0 Å². The molecule has 2 aromatic rings. The monoisotopic (exact) mass is 242 g/mol. The van der Waals surface area contributed by atoms with Crippen LogP contribution in [0.15, 0.2) is 27.3 Å². The van der Waals surface area contributed by atoms with Crippen LogP contribution in [0.3, 0.4) is 0 Å². The highest BCUT2D eigenvalue weighted by Crippen LogP contribution is 2.38. The third kappa shape index (κ3) is 1.56. The Kier molecular flexibility index (Phi) is 3.07. The van der Waals surface area contributed by atoms with E-state index in [4.69, 9.17) is 0 Å². The summed E-state index contributed by atoms with van der Waals surface area (Å²) in [4.78, 5) is 2.23. The summed E-state index contributed by atoms with van der Waals surface area (Å²) >= 11 is 7.83. The van der Waals surface area contributed by atoms with Crippen molar-refractivity contribution in [2.75, 3.05) is 6.26 Å². The molecule has 1 N–H and O–H groups in total. The molecule has 0 amide bonds. The van der Waals surface area contributed by atoms with Gasteiger partial charge in [0, 0.05) is 25.3 Å². The van der Waals surface area contributed by atoms with Crippen LogP contribution in [0.4, 0.5) is 0 Å². The molecule has 0 saturated carbocycles. The second-order valence-corrected chi connectivity index (χ2v) is 5.12. The SMILES string of the molecule is CSc1csc2c(CO)ccc(S)c12. The van der Waals surface area contributed by atoms with E-state index in [0.29, 0.717) is 0 Å². The smallest absolute Gasteiger partial charge is 0.0695 e. The molecular formula is C10H10OS3. The van der Waals surface area contributed by atoms with Crippen molar-refractivity contribution < 1.29 is 5.11 Å². The Labute approximate surface area is 96.6 Å². The van der Waals surface area contributed by atoms with Gasteiger partial charge in [-0.05, 0) is 17.9 Å². The average Bonchev–Trinajstić information content (AvgIpc) is 2.63. The van der Waals surface area contributed by atoms with Gasteiger partial charge in [0.1, 0.15) is 0 Å². The molecule has 14 heavy (non-hydrogen) atoms. The van der Waals surface area contributed by atoms with E-state index in [9.17, 15) is 5.11 Å². The predicted octanol–water partition coefficient (Wildman–Crippen LogP) is 3.40. The molecule has 0 fully saturated rings. The lowest BCUT2D eigenvalue weighted by molar-refractivity contribution is 0.283. The van der Waals surface area contributed by atoms with Crippen LogP contribution in [0.1, 0.15) is 5.56 Å².